The highest BCUT2D eigenvalue weighted by molar-refractivity contribution is 5.91. The highest BCUT2D eigenvalue weighted by Gasteiger charge is 2.30. The van der Waals surface area contributed by atoms with Crippen molar-refractivity contribution in [2.75, 3.05) is 31.2 Å². The van der Waals surface area contributed by atoms with Gasteiger partial charge in [0.1, 0.15) is 0 Å². The van der Waals surface area contributed by atoms with Crippen LogP contribution in [0.1, 0.15) is 46.1 Å². The molecule has 162 valence electrons. The van der Waals surface area contributed by atoms with Crippen LogP contribution in [0.25, 0.3) is 11.2 Å². The van der Waals surface area contributed by atoms with Gasteiger partial charge in [-0.15, -0.1) is 0 Å². The maximum atomic E-state index is 13.3. The quantitative estimate of drug-likeness (QED) is 0.697. The van der Waals surface area contributed by atoms with Gasteiger partial charge in [0.2, 0.25) is 5.95 Å². The third-order valence-corrected chi connectivity index (χ3v) is 6.26. The largest absolute Gasteiger partial charge is 0.332 e. The van der Waals surface area contributed by atoms with Crippen LogP contribution < -0.4 is 16.3 Å². The Hall–Kier alpha value is -2.68. The van der Waals surface area contributed by atoms with Gasteiger partial charge in [0, 0.05) is 20.1 Å². The molecule has 1 atom stereocenters. The van der Waals surface area contributed by atoms with Crippen molar-refractivity contribution >= 4 is 22.8 Å². The Morgan fingerprint density at radius 1 is 1.13 bits per heavy atom. The van der Waals surface area contributed by atoms with Gasteiger partial charge in [0.25, 0.3) is 5.56 Å². The number of aromatic nitrogens is 4. The van der Waals surface area contributed by atoms with Crippen molar-refractivity contribution in [2.24, 2.45) is 12.1 Å². The number of likely N-dealkylation sites (tertiary alicyclic amines) is 1. The number of nitrogens with zero attached hydrogens (tertiary/aromatic N) is 7. The van der Waals surface area contributed by atoms with Crippen molar-refractivity contribution < 1.29 is 0 Å². The van der Waals surface area contributed by atoms with Gasteiger partial charge >= 0.3 is 5.69 Å². The van der Waals surface area contributed by atoms with Gasteiger partial charge in [-0.25, -0.2) is 9.80 Å². The van der Waals surface area contributed by atoms with Gasteiger partial charge < -0.3 is 4.90 Å². The first-order valence-corrected chi connectivity index (χ1v) is 10.8. The second-order valence-corrected chi connectivity index (χ2v) is 8.22. The minimum Gasteiger partial charge on any atom is -0.301 e. The molecule has 0 amide bonds. The van der Waals surface area contributed by atoms with Crippen molar-refractivity contribution in [1.29, 1.82) is 0 Å². The SMILES string of the molecule is CC=CCn1c(=O)c2c(nc3n2C(C)C(C)=NN3CCN2CCCCC2)n(C)c1=O. The van der Waals surface area contributed by atoms with Gasteiger partial charge in [0.15, 0.2) is 11.2 Å². The molecular weight excluding hydrogens is 382 g/mol. The maximum absolute atomic E-state index is 13.3. The number of piperidine rings is 1. The van der Waals surface area contributed by atoms with E-state index in [1.54, 1.807) is 7.05 Å². The molecule has 1 saturated heterocycles. The Labute approximate surface area is 175 Å². The Morgan fingerprint density at radius 2 is 1.87 bits per heavy atom. The summed E-state index contributed by atoms with van der Waals surface area (Å²) in [7, 11) is 1.67. The molecule has 4 rings (SSSR count). The third-order valence-electron chi connectivity index (χ3n) is 6.26. The van der Waals surface area contributed by atoms with Crippen LogP contribution in [-0.4, -0.2) is 55.5 Å². The molecule has 0 aromatic carbocycles. The zero-order valence-electron chi connectivity index (χ0n) is 18.3. The fourth-order valence-electron chi connectivity index (χ4n) is 4.32. The van der Waals surface area contributed by atoms with E-state index in [-0.39, 0.29) is 23.8 Å². The highest BCUT2D eigenvalue weighted by atomic mass is 16.2. The van der Waals surface area contributed by atoms with Gasteiger partial charge in [-0.3, -0.25) is 18.5 Å². The van der Waals surface area contributed by atoms with Crippen LogP contribution in [0.15, 0.2) is 26.8 Å². The van der Waals surface area contributed by atoms with Crippen LogP contribution in [0, 0.1) is 0 Å². The van der Waals surface area contributed by atoms with E-state index in [1.807, 2.05) is 42.5 Å². The average molecular weight is 414 g/mol. The standard InChI is InChI=1S/C21H31N7O2/c1-5-6-12-26-19(29)17-18(24(4)21(26)30)22-20-27(23-15(2)16(3)28(17)20)14-13-25-10-8-7-9-11-25/h5-6,16H,7-14H2,1-4H3. The Morgan fingerprint density at radius 3 is 2.57 bits per heavy atom. The monoisotopic (exact) mass is 413 g/mol. The third kappa shape index (κ3) is 3.40. The molecule has 0 saturated carbocycles. The summed E-state index contributed by atoms with van der Waals surface area (Å²) in [6, 6.07) is -0.100. The Kier molecular flexibility index (Phi) is 5.64. The number of anilines is 1. The van der Waals surface area contributed by atoms with Crippen LogP contribution in [0.2, 0.25) is 0 Å². The van der Waals surface area contributed by atoms with E-state index in [0.717, 1.165) is 25.3 Å². The summed E-state index contributed by atoms with van der Waals surface area (Å²) in [5, 5.41) is 6.66. The van der Waals surface area contributed by atoms with Crippen molar-refractivity contribution in [2.45, 2.75) is 52.6 Å². The zero-order chi connectivity index (χ0) is 21.4. The first-order chi connectivity index (χ1) is 14.4. The number of imidazole rings is 1. The van der Waals surface area contributed by atoms with Gasteiger partial charge in [-0.2, -0.15) is 10.1 Å². The molecular formula is C21H31N7O2. The van der Waals surface area contributed by atoms with Crippen LogP contribution in [0.5, 0.6) is 0 Å². The van der Waals surface area contributed by atoms with E-state index >= 15 is 0 Å². The summed E-state index contributed by atoms with van der Waals surface area (Å²) >= 11 is 0. The molecule has 0 bridgehead atoms. The van der Waals surface area contributed by atoms with E-state index in [1.165, 1.54) is 28.4 Å². The fraction of sp³-hybridized carbons (Fsp3) is 0.619. The molecule has 9 heteroatoms. The number of hydrogen-bond donors (Lipinski definition) is 0. The van der Waals surface area contributed by atoms with Crippen LogP contribution in [0.4, 0.5) is 5.95 Å². The van der Waals surface area contributed by atoms with Crippen molar-refractivity contribution in [1.82, 2.24) is 23.6 Å². The van der Waals surface area contributed by atoms with Crippen molar-refractivity contribution in [3.05, 3.63) is 33.0 Å². The number of aryl methyl sites for hydroxylation is 1. The number of allylic oxidation sites excluding steroid dienone is 2. The molecule has 2 aliphatic rings. The summed E-state index contributed by atoms with van der Waals surface area (Å²) in [6.07, 6.45) is 7.43. The molecule has 2 aliphatic heterocycles. The molecule has 30 heavy (non-hydrogen) atoms. The molecule has 2 aromatic rings. The summed E-state index contributed by atoms with van der Waals surface area (Å²) in [5.41, 5.74) is 1.14. The van der Waals surface area contributed by atoms with Gasteiger partial charge in [0.05, 0.1) is 18.3 Å². The van der Waals surface area contributed by atoms with E-state index in [9.17, 15) is 9.59 Å². The molecule has 1 unspecified atom stereocenters. The lowest BCUT2D eigenvalue weighted by molar-refractivity contribution is 0.233. The topological polar surface area (TPSA) is 80.7 Å². The lowest BCUT2D eigenvalue weighted by Crippen LogP contribution is -2.41. The normalized spacial score (nSPS) is 20.2. The number of rotatable bonds is 5. The lowest BCUT2D eigenvalue weighted by Gasteiger charge is -2.32. The number of hydrogen-bond acceptors (Lipinski definition) is 6. The zero-order valence-corrected chi connectivity index (χ0v) is 18.3. The fourth-order valence-corrected chi connectivity index (χ4v) is 4.32. The first-order valence-electron chi connectivity index (χ1n) is 10.8. The van der Waals surface area contributed by atoms with Crippen LogP contribution in [-0.2, 0) is 13.6 Å². The summed E-state index contributed by atoms with van der Waals surface area (Å²) < 4.78 is 4.68. The molecule has 0 N–H and O–H groups in total. The number of hydrazone groups is 1. The minimum atomic E-state index is -0.355. The molecule has 0 radical (unpaired) electrons. The van der Waals surface area contributed by atoms with Crippen molar-refractivity contribution in [3.8, 4) is 0 Å². The summed E-state index contributed by atoms with van der Waals surface area (Å²) in [5.74, 6) is 0.635. The minimum absolute atomic E-state index is 0.100. The van der Waals surface area contributed by atoms with Crippen LogP contribution in [0.3, 0.4) is 0 Å². The maximum Gasteiger partial charge on any atom is 0.332 e. The highest BCUT2D eigenvalue weighted by Crippen LogP contribution is 2.29. The Balaban J connectivity index is 1.80. The van der Waals surface area contributed by atoms with Crippen LogP contribution >= 0.6 is 0 Å². The molecule has 1 fully saturated rings. The second-order valence-electron chi connectivity index (χ2n) is 8.22. The second kappa shape index (κ2) is 8.22. The molecule has 0 aliphatic carbocycles. The predicted octanol–water partition coefficient (Wildman–Crippen LogP) is 1.72. The first kappa shape index (κ1) is 20.6. The van der Waals surface area contributed by atoms with E-state index in [2.05, 4.69) is 4.90 Å². The predicted molar refractivity (Wildman–Crippen MR) is 120 cm³/mol. The molecule has 0 spiro atoms. The molecule has 2 aromatic heterocycles. The van der Waals surface area contributed by atoms with E-state index in [0.29, 0.717) is 23.7 Å². The summed E-state index contributed by atoms with van der Waals surface area (Å²) in [4.78, 5) is 33.2. The van der Waals surface area contributed by atoms with Gasteiger partial charge in [-0.05, 0) is 46.7 Å². The lowest BCUT2D eigenvalue weighted by atomic mass is 10.1. The van der Waals surface area contributed by atoms with Gasteiger partial charge in [-0.1, -0.05) is 18.6 Å². The molecule has 9 nitrogen and oxygen atoms in total. The average Bonchev–Trinajstić information content (AvgIpc) is 3.16. The number of fused-ring (bicyclic) bond motifs is 3. The van der Waals surface area contributed by atoms with E-state index in [4.69, 9.17) is 10.1 Å². The smallest absolute Gasteiger partial charge is 0.301 e. The van der Waals surface area contributed by atoms with E-state index < -0.39 is 0 Å². The summed E-state index contributed by atoms with van der Waals surface area (Å²) in [6.45, 7) is 9.96. The van der Waals surface area contributed by atoms with Crippen molar-refractivity contribution in [3.63, 3.8) is 0 Å². The molecule has 4 heterocycles. The Bertz CT molecular complexity index is 1120.